The van der Waals surface area contributed by atoms with Crippen LogP contribution in [-0.4, -0.2) is 9.52 Å². The number of hydrogen-bond acceptors (Lipinski definition) is 0. The van der Waals surface area contributed by atoms with Gasteiger partial charge in [0.2, 0.25) is 0 Å². The molecule has 0 saturated carbocycles. The van der Waals surface area contributed by atoms with Gasteiger partial charge in [0, 0.05) is 0 Å². The molecule has 0 amide bonds. The van der Waals surface area contributed by atoms with Crippen molar-refractivity contribution >= 4 is 20.3 Å². The van der Waals surface area contributed by atoms with Gasteiger partial charge < -0.3 is 0 Å². The molecule has 2 aromatic carbocycles. The van der Waals surface area contributed by atoms with Crippen molar-refractivity contribution in [3.63, 3.8) is 0 Å². The number of rotatable bonds is 3. The zero-order valence-corrected chi connectivity index (χ0v) is 15.4. The minimum absolute atomic E-state index is 0.408. The normalized spacial score (nSPS) is 15.5. The summed E-state index contributed by atoms with van der Waals surface area (Å²) in [5, 5.41) is 3.20. The van der Waals surface area contributed by atoms with Crippen molar-refractivity contribution in [3.8, 4) is 0 Å². The molecule has 3 rings (SSSR count). The summed E-state index contributed by atoms with van der Waals surface area (Å²) in [7, 11) is -0.408. The van der Waals surface area contributed by atoms with Crippen molar-refractivity contribution < 1.29 is 0 Å². The number of allylic oxidation sites excluding steroid dienone is 4. The molecule has 22 heavy (non-hydrogen) atoms. The fourth-order valence-electron chi connectivity index (χ4n) is 3.45. The van der Waals surface area contributed by atoms with Crippen molar-refractivity contribution in [2.75, 3.05) is 0 Å². The Kier molecular flexibility index (Phi) is 4.17. The van der Waals surface area contributed by atoms with Gasteiger partial charge in [-0.25, -0.2) is 0 Å². The second-order valence-electron chi connectivity index (χ2n) is 6.58. The lowest BCUT2D eigenvalue weighted by molar-refractivity contribution is 1.22. The second kappa shape index (κ2) is 6.10. The quantitative estimate of drug-likeness (QED) is 0.744. The van der Waals surface area contributed by atoms with Crippen LogP contribution in [0.5, 0.6) is 0 Å². The van der Waals surface area contributed by atoms with Gasteiger partial charge in [-0.2, -0.15) is 0 Å². The maximum atomic E-state index is 2.35. The monoisotopic (exact) mass is 304 g/mol. The highest BCUT2D eigenvalue weighted by Gasteiger charge is 2.20. The van der Waals surface area contributed by atoms with E-state index in [9.17, 15) is 0 Å². The van der Waals surface area contributed by atoms with Gasteiger partial charge in [0.25, 0.3) is 0 Å². The molecule has 0 saturated heterocycles. The summed E-state index contributed by atoms with van der Waals surface area (Å²) in [5.74, 6) is 0. The number of hydrogen-bond donors (Lipinski definition) is 0. The van der Waals surface area contributed by atoms with Gasteiger partial charge in [0.05, 0.1) is 9.52 Å². The van der Waals surface area contributed by atoms with Crippen LogP contribution in [-0.2, 0) is 0 Å². The highest BCUT2D eigenvalue weighted by Crippen LogP contribution is 2.37. The van der Waals surface area contributed by atoms with E-state index in [2.05, 4.69) is 76.2 Å². The lowest BCUT2D eigenvalue weighted by Gasteiger charge is -2.12. The summed E-state index contributed by atoms with van der Waals surface area (Å²) in [6.45, 7) is 9.02. The third-order valence-corrected chi connectivity index (χ3v) is 6.88. The summed E-state index contributed by atoms with van der Waals surface area (Å²) in [5.41, 5.74) is 8.84. The molecule has 2 aromatic rings. The fraction of sp³-hybridized carbons (Fsp3) is 0.238. The third-order valence-electron chi connectivity index (χ3n) is 4.69. The molecular formula is C21H24Si. The van der Waals surface area contributed by atoms with Crippen molar-refractivity contribution in [2.24, 2.45) is 0 Å². The fourth-order valence-corrected chi connectivity index (χ4v) is 5.48. The largest absolute Gasteiger partial charge is 0.0882 e. The Morgan fingerprint density at radius 3 is 2.09 bits per heavy atom. The van der Waals surface area contributed by atoms with Crippen LogP contribution in [0.1, 0.15) is 37.0 Å². The van der Waals surface area contributed by atoms with Crippen molar-refractivity contribution in [1.29, 1.82) is 0 Å². The highest BCUT2D eigenvalue weighted by molar-refractivity contribution is 6.63. The van der Waals surface area contributed by atoms with Gasteiger partial charge in [-0.15, -0.1) is 0 Å². The Labute approximate surface area is 136 Å². The molecule has 0 spiro atoms. The maximum absolute atomic E-state index is 2.35. The number of aryl methyl sites for hydroxylation is 2. The van der Waals surface area contributed by atoms with Crippen LogP contribution in [0.3, 0.4) is 0 Å². The molecule has 0 aliphatic heterocycles. The molecule has 0 nitrogen and oxygen atoms in total. The molecule has 0 N–H and O–H groups in total. The Bertz CT molecular complexity index is 743. The first-order valence-electron chi connectivity index (χ1n) is 8.06. The van der Waals surface area contributed by atoms with Crippen LogP contribution in [0, 0.1) is 13.8 Å². The molecule has 0 atom stereocenters. The zero-order valence-electron chi connectivity index (χ0n) is 14.0. The Morgan fingerprint density at radius 1 is 0.818 bits per heavy atom. The molecule has 112 valence electrons. The van der Waals surface area contributed by atoms with Gasteiger partial charge in [0.1, 0.15) is 0 Å². The van der Waals surface area contributed by atoms with E-state index in [0.29, 0.717) is 0 Å². The Morgan fingerprint density at radius 2 is 1.45 bits per heavy atom. The predicted molar refractivity (Wildman–Crippen MR) is 100 cm³/mol. The maximum Gasteiger partial charge on any atom is 0.0882 e. The highest BCUT2D eigenvalue weighted by atomic mass is 28.2. The van der Waals surface area contributed by atoms with Crippen molar-refractivity contribution in [2.45, 2.75) is 34.1 Å². The predicted octanol–water partition coefficient (Wildman–Crippen LogP) is 4.25. The molecule has 1 aliphatic carbocycles. The van der Waals surface area contributed by atoms with Gasteiger partial charge in [-0.05, 0) is 45.3 Å². The van der Waals surface area contributed by atoms with Gasteiger partial charge >= 0.3 is 0 Å². The molecule has 0 aromatic heterocycles. The van der Waals surface area contributed by atoms with Gasteiger partial charge in [-0.3, -0.25) is 0 Å². The summed E-state index contributed by atoms with van der Waals surface area (Å²) < 4.78 is 0. The van der Waals surface area contributed by atoms with E-state index in [1.807, 2.05) is 0 Å². The Balaban J connectivity index is 2.06. The summed E-state index contributed by atoms with van der Waals surface area (Å²) >= 11 is 0. The second-order valence-corrected chi connectivity index (χ2v) is 8.46. The van der Waals surface area contributed by atoms with E-state index in [1.54, 1.807) is 21.9 Å². The van der Waals surface area contributed by atoms with Crippen LogP contribution < -0.4 is 5.19 Å². The minimum Gasteiger partial charge on any atom is -0.0661 e. The lowest BCUT2D eigenvalue weighted by Crippen LogP contribution is -2.16. The van der Waals surface area contributed by atoms with Crippen molar-refractivity contribution in [1.82, 2.24) is 0 Å². The average Bonchev–Trinajstić information content (AvgIpc) is 2.76. The lowest BCUT2D eigenvalue weighted by atomic mass is 9.99. The summed E-state index contributed by atoms with van der Waals surface area (Å²) in [6.07, 6.45) is 1.13. The molecule has 0 fully saturated rings. The van der Waals surface area contributed by atoms with E-state index in [4.69, 9.17) is 0 Å². The topological polar surface area (TPSA) is 0 Å². The van der Waals surface area contributed by atoms with E-state index in [0.717, 1.165) is 6.42 Å². The molecule has 1 aliphatic rings. The van der Waals surface area contributed by atoms with Crippen LogP contribution in [0.25, 0.3) is 5.57 Å². The number of benzene rings is 2. The van der Waals surface area contributed by atoms with E-state index in [1.165, 1.54) is 21.9 Å². The molecule has 0 radical (unpaired) electrons. The van der Waals surface area contributed by atoms with E-state index in [-0.39, 0.29) is 0 Å². The smallest absolute Gasteiger partial charge is 0.0661 e. The first-order valence-corrected chi connectivity index (χ1v) is 9.47. The van der Waals surface area contributed by atoms with Crippen molar-refractivity contribution in [3.05, 3.63) is 81.6 Å². The summed E-state index contributed by atoms with van der Waals surface area (Å²) in [6, 6.07) is 18.0. The van der Waals surface area contributed by atoms with Crippen LogP contribution in [0.2, 0.25) is 0 Å². The molecule has 0 bridgehead atoms. The summed E-state index contributed by atoms with van der Waals surface area (Å²) in [4.78, 5) is 0. The van der Waals surface area contributed by atoms with Crippen LogP contribution >= 0.6 is 0 Å². The van der Waals surface area contributed by atoms with Gasteiger partial charge in [0.15, 0.2) is 0 Å². The zero-order chi connectivity index (χ0) is 15.7. The van der Waals surface area contributed by atoms with E-state index < -0.39 is 9.52 Å². The first kappa shape index (κ1) is 15.0. The molecule has 0 unspecified atom stereocenters. The standard InChI is InChI=1S/C21H24Si/c1-14-10-15(2)12-18(11-14)20-13-16(3)17(4)21(20)22-19-8-6-5-7-9-19/h5-12H,13,22H2,1-4H3. The van der Waals surface area contributed by atoms with Crippen LogP contribution in [0.15, 0.2) is 64.9 Å². The van der Waals surface area contributed by atoms with Crippen LogP contribution in [0.4, 0.5) is 0 Å². The first-order chi connectivity index (χ1) is 10.5. The molecule has 1 heteroatoms. The van der Waals surface area contributed by atoms with Gasteiger partial charge in [-0.1, -0.05) is 81.2 Å². The molecule has 0 heterocycles. The average molecular weight is 305 g/mol. The third kappa shape index (κ3) is 3.00. The molecular weight excluding hydrogens is 280 g/mol. The minimum atomic E-state index is -0.408. The SMILES string of the molecule is CC1=C(C)C([SiH2]c2ccccc2)=C(c2cc(C)cc(C)c2)C1. The Hall–Kier alpha value is -1.86. The van der Waals surface area contributed by atoms with E-state index >= 15 is 0 Å².